The maximum atomic E-state index is 12.3. The Balaban J connectivity index is 1.89. The van der Waals surface area contributed by atoms with Gasteiger partial charge in [0.05, 0.1) is 13.2 Å². The number of thioether (sulfide) groups is 1. The van der Waals surface area contributed by atoms with Crippen molar-refractivity contribution >= 4 is 23.6 Å². The number of hydrogen-bond donors (Lipinski definition) is 1. The number of nitrogens with zero attached hydrogens (tertiary/aromatic N) is 2. The smallest absolute Gasteiger partial charge is 0.319 e. The molecule has 8 heteroatoms. The molecule has 1 amide bonds. The Bertz CT molecular complexity index is 781. The van der Waals surface area contributed by atoms with Crippen LogP contribution in [0, 0.1) is 0 Å². The van der Waals surface area contributed by atoms with Gasteiger partial charge in [0.25, 0.3) is 11.1 Å². The zero-order chi connectivity index (χ0) is 20.0. The average Bonchev–Trinajstić information content (AvgIpc) is 3.06. The molecule has 0 unspecified atom stereocenters. The van der Waals surface area contributed by atoms with E-state index in [0.717, 1.165) is 17.3 Å². The molecule has 146 valence electrons. The fourth-order valence-electron chi connectivity index (χ4n) is 2.20. The molecule has 27 heavy (non-hydrogen) atoms. The first-order valence-electron chi connectivity index (χ1n) is 8.75. The van der Waals surface area contributed by atoms with Crippen molar-refractivity contribution in [2.45, 2.75) is 57.1 Å². The van der Waals surface area contributed by atoms with Gasteiger partial charge in [0.15, 0.2) is 0 Å². The third kappa shape index (κ3) is 6.09. The van der Waals surface area contributed by atoms with Crippen molar-refractivity contribution in [1.82, 2.24) is 15.5 Å². The van der Waals surface area contributed by atoms with Crippen molar-refractivity contribution < 1.29 is 18.7 Å². The van der Waals surface area contributed by atoms with Crippen LogP contribution >= 0.6 is 11.8 Å². The van der Waals surface area contributed by atoms with Crippen molar-refractivity contribution in [3.05, 3.63) is 41.3 Å². The first-order chi connectivity index (χ1) is 12.7. The molecule has 0 aliphatic heterocycles. The number of ether oxygens (including phenoxy) is 1. The van der Waals surface area contributed by atoms with Crippen molar-refractivity contribution in [3.8, 4) is 0 Å². The SMILES string of the molecule is CCOC(=O)[C@H](C)Sc1nnc(CNC(=O)c2ccc(C(C)(C)C)cc2)o1. The van der Waals surface area contributed by atoms with Crippen LogP contribution in [0.5, 0.6) is 0 Å². The summed E-state index contributed by atoms with van der Waals surface area (Å²) in [4.78, 5) is 23.9. The second kappa shape index (κ2) is 9.03. The average molecular weight is 391 g/mol. The highest BCUT2D eigenvalue weighted by atomic mass is 32.2. The molecule has 1 N–H and O–H groups in total. The molecule has 0 spiro atoms. The largest absolute Gasteiger partial charge is 0.465 e. The number of nitrogens with one attached hydrogen (secondary N) is 1. The zero-order valence-electron chi connectivity index (χ0n) is 16.2. The summed E-state index contributed by atoms with van der Waals surface area (Å²) in [5.74, 6) is -0.287. The van der Waals surface area contributed by atoms with Crippen molar-refractivity contribution in [1.29, 1.82) is 0 Å². The quantitative estimate of drug-likeness (QED) is 0.571. The number of amides is 1. The van der Waals surface area contributed by atoms with Gasteiger partial charge < -0.3 is 14.5 Å². The van der Waals surface area contributed by atoms with Gasteiger partial charge in [-0.05, 0) is 37.0 Å². The van der Waals surface area contributed by atoms with Gasteiger partial charge >= 0.3 is 5.97 Å². The molecule has 1 heterocycles. The molecule has 0 aliphatic carbocycles. The number of esters is 1. The molecule has 2 rings (SSSR count). The van der Waals surface area contributed by atoms with Gasteiger partial charge in [-0.2, -0.15) is 0 Å². The second-order valence-corrected chi connectivity index (χ2v) is 8.28. The first-order valence-corrected chi connectivity index (χ1v) is 9.63. The second-order valence-electron chi connectivity index (χ2n) is 6.98. The molecule has 0 bridgehead atoms. The topological polar surface area (TPSA) is 94.3 Å². The van der Waals surface area contributed by atoms with E-state index in [1.165, 1.54) is 0 Å². The fraction of sp³-hybridized carbons (Fsp3) is 0.474. The van der Waals surface area contributed by atoms with Gasteiger partial charge in [0.1, 0.15) is 5.25 Å². The molecule has 2 aromatic rings. The lowest BCUT2D eigenvalue weighted by atomic mass is 9.87. The Morgan fingerprint density at radius 3 is 2.48 bits per heavy atom. The normalized spacial score (nSPS) is 12.5. The van der Waals surface area contributed by atoms with Crippen LogP contribution in [-0.2, 0) is 21.5 Å². The molecule has 0 fully saturated rings. The van der Waals surface area contributed by atoms with E-state index in [0.29, 0.717) is 12.2 Å². The van der Waals surface area contributed by atoms with E-state index in [1.54, 1.807) is 26.0 Å². The fourth-order valence-corrected chi connectivity index (χ4v) is 2.89. The van der Waals surface area contributed by atoms with Gasteiger partial charge in [0.2, 0.25) is 5.89 Å². The minimum atomic E-state index is -0.450. The maximum Gasteiger partial charge on any atom is 0.319 e. The van der Waals surface area contributed by atoms with Crippen LogP contribution in [0.1, 0.15) is 56.4 Å². The number of carbonyl (C=O) groups excluding carboxylic acids is 2. The van der Waals surface area contributed by atoms with Gasteiger partial charge in [-0.1, -0.05) is 44.7 Å². The lowest BCUT2D eigenvalue weighted by Crippen LogP contribution is -2.23. The van der Waals surface area contributed by atoms with E-state index in [9.17, 15) is 9.59 Å². The predicted molar refractivity (Wildman–Crippen MR) is 103 cm³/mol. The van der Waals surface area contributed by atoms with Crippen molar-refractivity contribution in [2.75, 3.05) is 6.61 Å². The van der Waals surface area contributed by atoms with E-state index >= 15 is 0 Å². The summed E-state index contributed by atoms with van der Waals surface area (Å²) in [6.07, 6.45) is 0. The molecule has 0 aliphatic rings. The minimum Gasteiger partial charge on any atom is -0.465 e. The predicted octanol–water partition coefficient (Wildman–Crippen LogP) is 3.34. The zero-order valence-corrected chi connectivity index (χ0v) is 17.1. The number of carbonyl (C=O) groups is 2. The van der Waals surface area contributed by atoms with Crippen LogP contribution in [-0.4, -0.2) is 33.9 Å². The summed E-state index contributed by atoms with van der Waals surface area (Å²) < 4.78 is 10.4. The Hall–Kier alpha value is -2.35. The number of rotatable bonds is 7. The minimum absolute atomic E-state index is 0.0352. The molecular formula is C19H25N3O4S. The monoisotopic (exact) mass is 391 g/mol. The Labute approximate surface area is 163 Å². The number of benzene rings is 1. The van der Waals surface area contributed by atoms with Crippen molar-refractivity contribution in [2.24, 2.45) is 0 Å². The summed E-state index contributed by atoms with van der Waals surface area (Å²) >= 11 is 1.12. The highest BCUT2D eigenvalue weighted by Crippen LogP contribution is 2.23. The first kappa shape index (κ1) is 21.0. The van der Waals surface area contributed by atoms with Crippen molar-refractivity contribution in [3.63, 3.8) is 0 Å². The third-order valence-electron chi connectivity index (χ3n) is 3.76. The lowest BCUT2D eigenvalue weighted by molar-refractivity contribution is -0.142. The van der Waals surface area contributed by atoms with Gasteiger partial charge in [-0.3, -0.25) is 9.59 Å². The van der Waals surface area contributed by atoms with Crippen LogP contribution in [0.2, 0.25) is 0 Å². The van der Waals surface area contributed by atoms with E-state index in [-0.39, 0.29) is 34.9 Å². The van der Waals surface area contributed by atoms with Crippen LogP contribution < -0.4 is 5.32 Å². The van der Waals surface area contributed by atoms with Crippen LogP contribution in [0.4, 0.5) is 0 Å². The van der Waals surface area contributed by atoms with Crippen LogP contribution in [0.15, 0.2) is 33.9 Å². The number of aromatic nitrogens is 2. The standard InChI is InChI=1S/C19H25N3O4S/c1-6-25-17(24)12(2)27-18-22-21-15(26-18)11-20-16(23)13-7-9-14(10-8-13)19(3,4)5/h7-10,12H,6,11H2,1-5H3,(H,20,23)/t12-/m0/s1. The van der Waals surface area contributed by atoms with Crippen LogP contribution in [0.25, 0.3) is 0 Å². The summed E-state index contributed by atoms with van der Waals surface area (Å²) in [5, 5.41) is 10.3. The Kier molecular flexibility index (Phi) is 7.01. The molecule has 0 saturated carbocycles. The number of hydrogen-bond acceptors (Lipinski definition) is 7. The highest BCUT2D eigenvalue weighted by Gasteiger charge is 2.19. The van der Waals surface area contributed by atoms with E-state index in [2.05, 4.69) is 36.3 Å². The molecule has 1 aromatic heterocycles. The highest BCUT2D eigenvalue weighted by molar-refractivity contribution is 8.00. The molecule has 1 aromatic carbocycles. The Morgan fingerprint density at radius 2 is 1.89 bits per heavy atom. The summed E-state index contributed by atoms with van der Waals surface area (Å²) in [5.41, 5.74) is 1.76. The molecule has 1 atom stereocenters. The molecule has 0 radical (unpaired) electrons. The lowest BCUT2D eigenvalue weighted by Gasteiger charge is -2.18. The maximum absolute atomic E-state index is 12.3. The van der Waals surface area contributed by atoms with Gasteiger partial charge in [0, 0.05) is 5.56 Å². The van der Waals surface area contributed by atoms with Gasteiger partial charge in [-0.25, -0.2) is 0 Å². The van der Waals surface area contributed by atoms with E-state index in [4.69, 9.17) is 9.15 Å². The van der Waals surface area contributed by atoms with E-state index in [1.807, 2.05) is 12.1 Å². The third-order valence-corrected chi connectivity index (χ3v) is 4.67. The summed E-state index contributed by atoms with van der Waals surface area (Å²) in [6, 6.07) is 7.50. The Morgan fingerprint density at radius 1 is 1.22 bits per heavy atom. The van der Waals surface area contributed by atoms with E-state index < -0.39 is 5.25 Å². The van der Waals surface area contributed by atoms with Gasteiger partial charge in [-0.15, -0.1) is 10.2 Å². The van der Waals surface area contributed by atoms with Crippen LogP contribution in [0.3, 0.4) is 0 Å². The molecule has 0 saturated heterocycles. The summed E-state index contributed by atoms with van der Waals surface area (Å²) in [6.45, 7) is 10.2. The molecular weight excluding hydrogens is 366 g/mol. The summed E-state index contributed by atoms with van der Waals surface area (Å²) in [7, 11) is 0. The molecule has 7 nitrogen and oxygen atoms in total.